The summed E-state index contributed by atoms with van der Waals surface area (Å²) in [6.07, 6.45) is 5.82. The third-order valence-corrected chi connectivity index (χ3v) is 8.26. The molecule has 1 saturated heterocycles. The Labute approximate surface area is 166 Å². The van der Waals surface area contributed by atoms with E-state index in [1.54, 1.807) is 11.8 Å². The molecule has 4 bridgehead atoms. The van der Waals surface area contributed by atoms with E-state index >= 15 is 0 Å². The first kappa shape index (κ1) is 18.6. The van der Waals surface area contributed by atoms with Gasteiger partial charge in [-0.1, -0.05) is 12.1 Å². The Morgan fingerprint density at radius 3 is 2.32 bits per heavy atom. The standard InChI is InChI=1S/C23H30FNO3/c1-21(27)13-25(14-21)20(26)12-23(16-3-5-19(24)6-4-16)17-7-15-8-18(23)11-22(9-15,10-17)28-2/h3-6,15,17-18,27H,7-14H2,1-2H3/t15?,17?,18?,22-,23-. The molecule has 152 valence electrons. The number of hydrogen-bond donors (Lipinski definition) is 1. The van der Waals surface area contributed by atoms with Crippen molar-refractivity contribution in [1.29, 1.82) is 0 Å². The van der Waals surface area contributed by atoms with E-state index in [9.17, 15) is 14.3 Å². The van der Waals surface area contributed by atoms with Crippen LogP contribution >= 0.6 is 0 Å². The molecule has 5 aliphatic rings. The largest absolute Gasteiger partial charge is 0.386 e. The first-order valence-corrected chi connectivity index (χ1v) is 10.6. The minimum atomic E-state index is -0.761. The molecule has 1 amide bonds. The molecule has 0 aromatic heterocycles. The number of carbonyl (C=O) groups excluding carboxylic acids is 1. The number of carbonyl (C=O) groups is 1. The molecule has 6 rings (SSSR count). The highest BCUT2D eigenvalue weighted by molar-refractivity contribution is 5.79. The first-order valence-electron chi connectivity index (χ1n) is 10.6. The van der Waals surface area contributed by atoms with Crippen LogP contribution in [-0.2, 0) is 14.9 Å². The Hall–Kier alpha value is -1.46. The predicted molar refractivity (Wildman–Crippen MR) is 103 cm³/mol. The highest BCUT2D eigenvalue weighted by atomic mass is 19.1. The smallest absolute Gasteiger partial charge is 0.223 e. The van der Waals surface area contributed by atoms with Crippen molar-refractivity contribution in [2.24, 2.45) is 17.8 Å². The first-order chi connectivity index (χ1) is 13.3. The van der Waals surface area contributed by atoms with Crippen LogP contribution in [0.5, 0.6) is 0 Å². The number of hydrogen-bond acceptors (Lipinski definition) is 3. The quantitative estimate of drug-likeness (QED) is 0.863. The van der Waals surface area contributed by atoms with E-state index in [2.05, 4.69) is 0 Å². The van der Waals surface area contributed by atoms with E-state index in [1.165, 1.54) is 12.1 Å². The number of halogens is 1. The lowest BCUT2D eigenvalue weighted by molar-refractivity contribution is -0.187. The normalized spacial score (nSPS) is 40.4. The van der Waals surface area contributed by atoms with Crippen LogP contribution in [0.15, 0.2) is 24.3 Å². The SMILES string of the molecule is CO[C@]12CC3CC(C1)[C@@](CC(=O)N1CC(C)(O)C1)(c1ccc(F)cc1)C(C3)C2. The molecule has 1 heterocycles. The van der Waals surface area contributed by atoms with Gasteiger partial charge in [-0.2, -0.15) is 0 Å². The van der Waals surface area contributed by atoms with Crippen LogP contribution in [0.2, 0.25) is 0 Å². The Morgan fingerprint density at radius 2 is 1.79 bits per heavy atom. The van der Waals surface area contributed by atoms with Crippen molar-refractivity contribution in [3.63, 3.8) is 0 Å². The van der Waals surface area contributed by atoms with E-state index in [1.807, 2.05) is 19.2 Å². The van der Waals surface area contributed by atoms with Gasteiger partial charge in [-0.3, -0.25) is 4.79 Å². The van der Waals surface area contributed by atoms with Gasteiger partial charge in [0.15, 0.2) is 0 Å². The van der Waals surface area contributed by atoms with Crippen LogP contribution < -0.4 is 0 Å². The van der Waals surface area contributed by atoms with E-state index in [0.29, 0.717) is 37.3 Å². The van der Waals surface area contributed by atoms with Crippen molar-refractivity contribution in [2.75, 3.05) is 20.2 Å². The molecule has 1 N–H and O–H groups in total. The summed E-state index contributed by atoms with van der Waals surface area (Å²) in [5.74, 6) is 1.33. The summed E-state index contributed by atoms with van der Waals surface area (Å²) in [4.78, 5) is 15.0. The second-order valence-electron chi connectivity index (χ2n) is 10.2. The van der Waals surface area contributed by atoms with Crippen molar-refractivity contribution in [3.8, 4) is 0 Å². The van der Waals surface area contributed by atoms with Gasteiger partial charge in [0, 0.05) is 18.9 Å². The molecule has 5 fully saturated rings. The van der Waals surface area contributed by atoms with Gasteiger partial charge in [-0.15, -0.1) is 0 Å². The number of ether oxygens (including phenoxy) is 1. The van der Waals surface area contributed by atoms with Gasteiger partial charge in [-0.05, 0) is 74.5 Å². The Kier molecular flexibility index (Phi) is 3.99. The summed E-state index contributed by atoms with van der Waals surface area (Å²) in [6.45, 7) is 2.59. The molecule has 0 spiro atoms. The molecule has 1 aliphatic heterocycles. The number of aliphatic hydroxyl groups is 1. The molecule has 4 saturated carbocycles. The molecule has 28 heavy (non-hydrogen) atoms. The predicted octanol–water partition coefficient (Wildman–Crippen LogP) is 3.27. The number of rotatable bonds is 4. The average molecular weight is 387 g/mol. The molecular weight excluding hydrogens is 357 g/mol. The van der Waals surface area contributed by atoms with Crippen LogP contribution in [0.3, 0.4) is 0 Å². The minimum absolute atomic E-state index is 0.0382. The third-order valence-electron chi connectivity index (χ3n) is 8.26. The fraction of sp³-hybridized carbons (Fsp3) is 0.696. The van der Waals surface area contributed by atoms with Crippen LogP contribution in [0, 0.1) is 23.6 Å². The third kappa shape index (κ3) is 2.66. The van der Waals surface area contributed by atoms with Gasteiger partial charge in [0.25, 0.3) is 0 Å². The fourth-order valence-corrected chi connectivity index (χ4v) is 7.21. The highest BCUT2D eigenvalue weighted by Gasteiger charge is 2.63. The molecule has 2 unspecified atom stereocenters. The molecule has 5 heteroatoms. The summed E-state index contributed by atoms with van der Waals surface area (Å²) in [7, 11) is 1.83. The number of amides is 1. The van der Waals surface area contributed by atoms with Crippen LogP contribution in [0.1, 0.15) is 51.0 Å². The Balaban J connectivity index is 1.51. The Bertz CT molecular complexity index is 766. The number of likely N-dealkylation sites (tertiary alicyclic amines) is 1. The van der Waals surface area contributed by atoms with Crippen molar-refractivity contribution in [2.45, 2.75) is 62.1 Å². The monoisotopic (exact) mass is 387 g/mol. The van der Waals surface area contributed by atoms with Gasteiger partial charge in [0.05, 0.1) is 24.3 Å². The zero-order chi connectivity index (χ0) is 19.7. The van der Waals surface area contributed by atoms with Gasteiger partial charge in [-0.25, -0.2) is 4.39 Å². The summed E-state index contributed by atoms with van der Waals surface area (Å²) < 4.78 is 19.7. The number of β-amino-alcohol motifs (C(OH)–C–C–N with tert-alkyl or cyclic N) is 1. The second kappa shape index (κ2) is 6.02. The summed E-state index contributed by atoms with van der Waals surface area (Å²) >= 11 is 0. The van der Waals surface area contributed by atoms with E-state index in [4.69, 9.17) is 4.74 Å². The lowest BCUT2D eigenvalue weighted by atomic mass is 9.41. The van der Waals surface area contributed by atoms with Crippen LogP contribution in [-0.4, -0.2) is 47.3 Å². The van der Waals surface area contributed by atoms with Crippen molar-refractivity contribution in [3.05, 3.63) is 35.6 Å². The van der Waals surface area contributed by atoms with Gasteiger partial charge < -0.3 is 14.7 Å². The van der Waals surface area contributed by atoms with Crippen molar-refractivity contribution in [1.82, 2.24) is 4.90 Å². The van der Waals surface area contributed by atoms with Crippen LogP contribution in [0.4, 0.5) is 4.39 Å². The summed E-state index contributed by atoms with van der Waals surface area (Å²) in [5.41, 5.74) is 0.0620. The van der Waals surface area contributed by atoms with Gasteiger partial charge in [0.2, 0.25) is 5.91 Å². The molecule has 1 aromatic rings. The highest BCUT2D eigenvalue weighted by Crippen LogP contribution is 2.66. The number of benzene rings is 1. The average Bonchev–Trinajstić information content (AvgIpc) is 2.63. The molecule has 4 nitrogen and oxygen atoms in total. The van der Waals surface area contributed by atoms with E-state index in [-0.39, 0.29) is 22.7 Å². The lowest BCUT2D eigenvalue weighted by Crippen LogP contribution is -2.66. The lowest BCUT2D eigenvalue weighted by Gasteiger charge is -2.65. The van der Waals surface area contributed by atoms with Gasteiger partial charge in [0.1, 0.15) is 5.82 Å². The Morgan fingerprint density at radius 1 is 1.18 bits per heavy atom. The van der Waals surface area contributed by atoms with E-state index in [0.717, 1.165) is 37.7 Å². The maximum Gasteiger partial charge on any atom is 0.223 e. The maximum atomic E-state index is 13.7. The molecule has 2 atom stereocenters. The van der Waals surface area contributed by atoms with E-state index < -0.39 is 5.60 Å². The molecule has 0 radical (unpaired) electrons. The molecular formula is C23H30FNO3. The summed E-state index contributed by atoms with van der Waals surface area (Å²) in [6, 6.07) is 6.87. The van der Waals surface area contributed by atoms with Crippen molar-refractivity contribution < 1.29 is 19.0 Å². The molecule has 4 aliphatic carbocycles. The topological polar surface area (TPSA) is 49.8 Å². The number of nitrogens with zero attached hydrogens (tertiary/aromatic N) is 1. The zero-order valence-electron chi connectivity index (χ0n) is 16.8. The minimum Gasteiger partial charge on any atom is -0.386 e. The second-order valence-corrected chi connectivity index (χ2v) is 10.2. The molecule has 1 aromatic carbocycles. The van der Waals surface area contributed by atoms with Gasteiger partial charge >= 0.3 is 0 Å². The fourth-order valence-electron chi connectivity index (χ4n) is 7.21. The van der Waals surface area contributed by atoms with Crippen LogP contribution in [0.25, 0.3) is 0 Å². The maximum absolute atomic E-state index is 13.7. The summed E-state index contributed by atoms with van der Waals surface area (Å²) in [5, 5.41) is 10.1. The zero-order valence-corrected chi connectivity index (χ0v) is 16.8. The van der Waals surface area contributed by atoms with Crippen molar-refractivity contribution >= 4 is 5.91 Å². The number of methoxy groups -OCH3 is 1.